The molecular formula is C14H27ClN2O2. The Morgan fingerprint density at radius 1 is 1.47 bits per heavy atom. The van der Waals surface area contributed by atoms with E-state index in [0.29, 0.717) is 6.04 Å². The number of halogens is 1. The van der Waals surface area contributed by atoms with E-state index in [0.717, 1.165) is 38.9 Å². The van der Waals surface area contributed by atoms with Gasteiger partial charge in [0.15, 0.2) is 0 Å². The summed E-state index contributed by atoms with van der Waals surface area (Å²) < 4.78 is 0. The summed E-state index contributed by atoms with van der Waals surface area (Å²) in [4.78, 5) is 15.2. The number of aliphatic carboxylic acids is 1. The first-order valence-electron chi connectivity index (χ1n) is 6.88. The van der Waals surface area contributed by atoms with E-state index in [9.17, 15) is 4.79 Å². The molecule has 1 rings (SSSR count). The summed E-state index contributed by atoms with van der Waals surface area (Å²) in [5.41, 5.74) is 0. The summed E-state index contributed by atoms with van der Waals surface area (Å²) in [7, 11) is 1.92. The van der Waals surface area contributed by atoms with E-state index in [1.807, 2.05) is 18.0 Å². The van der Waals surface area contributed by atoms with Crippen molar-refractivity contribution in [1.29, 1.82) is 0 Å². The van der Waals surface area contributed by atoms with E-state index in [4.69, 9.17) is 5.11 Å². The fourth-order valence-electron chi connectivity index (χ4n) is 2.60. The molecule has 0 bridgehead atoms. The highest BCUT2D eigenvalue weighted by Gasteiger charge is 2.21. The van der Waals surface area contributed by atoms with E-state index in [2.05, 4.69) is 11.5 Å². The Morgan fingerprint density at radius 2 is 2.21 bits per heavy atom. The molecule has 1 atom stereocenters. The minimum absolute atomic E-state index is 0. The SMILES string of the molecule is C=CCCCN1CCCC(N(C)CC(=O)O)CC1.Cl. The second kappa shape index (κ2) is 10.2. The van der Waals surface area contributed by atoms with Gasteiger partial charge in [0.1, 0.15) is 0 Å². The predicted octanol–water partition coefficient (Wildman–Crippen LogP) is 2.25. The van der Waals surface area contributed by atoms with Gasteiger partial charge >= 0.3 is 5.97 Å². The molecule has 0 radical (unpaired) electrons. The van der Waals surface area contributed by atoms with Crippen molar-refractivity contribution in [3.63, 3.8) is 0 Å². The van der Waals surface area contributed by atoms with Crippen LogP contribution in [-0.4, -0.2) is 60.1 Å². The Kier molecular flexibility index (Phi) is 9.92. The van der Waals surface area contributed by atoms with Crippen LogP contribution in [0.2, 0.25) is 0 Å². The standard InChI is InChI=1S/C14H26N2O2.ClH/c1-3-4-5-9-16-10-6-7-13(8-11-16)15(2)12-14(17)18;/h3,13H,1,4-12H2,2H3,(H,17,18);1H. The second-order valence-corrected chi connectivity index (χ2v) is 5.17. The maximum absolute atomic E-state index is 10.7. The highest BCUT2D eigenvalue weighted by atomic mass is 35.5. The van der Waals surface area contributed by atoms with Crippen LogP contribution in [0.4, 0.5) is 0 Å². The number of hydrogen-bond donors (Lipinski definition) is 1. The van der Waals surface area contributed by atoms with Crippen LogP contribution in [0.5, 0.6) is 0 Å². The molecule has 0 aliphatic carbocycles. The van der Waals surface area contributed by atoms with Gasteiger partial charge in [-0.3, -0.25) is 9.69 Å². The molecule has 1 fully saturated rings. The van der Waals surface area contributed by atoms with Crippen LogP contribution in [0, 0.1) is 0 Å². The number of carboxylic acid groups (broad SMARTS) is 1. The number of likely N-dealkylation sites (tertiary alicyclic amines) is 1. The number of carbonyl (C=O) groups is 1. The van der Waals surface area contributed by atoms with Gasteiger partial charge in [0.2, 0.25) is 0 Å². The zero-order valence-electron chi connectivity index (χ0n) is 11.9. The van der Waals surface area contributed by atoms with Crippen molar-refractivity contribution in [2.24, 2.45) is 0 Å². The van der Waals surface area contributed by atoms with Crippen LogP contribution in [0.15, 0.2) is 12.7 Å². The van der Waals surface area contributed by atoms with Crippen LogP contribution in [0.1, 0.15) is 32.1 Å². The molecule has 1 N–H and O–H groups in total. The predicted molar refractivity (Wildman–Crippen MR) is 81.0 cm³/mol. The number of unbranched alkanes of at least 4 members (excludes halogenated alkanes) is 1. The number of nitrogens with zero attached hydrogens (tertiary/aromatic N) is 2. The molecule has 1 aliphatic heterocycles. The summed E-state index contributed by atoms with van der Waals surface area (Å²) >= 11 is 0. The van der Waals surface area contributed by atoms with Crippen molar-refractivity contribution in [2.75, 3.05) is 33.2 Å². The van der Waals surface area contributed by atoms with Gasteiger partial charge in [0, 0.05) is 6.04 Å². The Morgan fingerprint density at radius 3 is 2.84 bits per heavy atom. The summed E-state index contributed by atoms with van der Waals surface area (Å²) in [6, 6.07) is 0.422. The van der Waals surface area contributed by atoms with Gasteiger partial charge in [-0.25, -0.2) is 0 Å². The third-order valence-corrected chi connectivity index (χ3v) is 3.68. The van der Waals surface area contributed by atoms with E-state index >= 15 is 0 Å². The van der Waals surface area contributed by atoms with Gasteiger partial charge in [-0.15, -0.1) is 19.0 Å². The molecule has 5 heteroatoms. The van der Waals surface area contributed by atoms with Crippen molar-refractivity contribution >= 4 is 18.4 Å². The Hall–Kier alpha value is -0.580. The molecule has 4 nitrogen and oxygen atoms in total. The van der Waals surface area contributed by atoms with E-state index in [-0.39, 0.29) is 19.0 Å². The van der Waals surface area contributed by atoms with E-state index in [1.165, 1.54) is 12.8 Å². The monoisotopic (exact) mass is 290 g/mol. The number of hydrogen-bond acceptors (Lipinski definition) is 3. The van der Waals surface area contributed by atoms with Crippen molar-refractivity contribution < 1.29 is 9.90 Å². The zero-order valence-corrected chi connectivity index (χ0v) is 12.7. The van der Waals surface area contributed by atoms with Crippen molar-refractivity contribution in [1.82, 2.24) is 9.80 Å². The third kappa shape index (κ3) is 7.55. The number of rotatable bonds is 7. The van der Waals surface area contributed by atoms with Crippen molar-refractivity contribution in [2.45, 2.75) is 38.1 Å². The lowest BCUT2D eigenvalue weighted by molar-refractivity contribution is -0.138. The summed E-state index contributed by atoms with van der Waals surface area (Å²) in [6.07, 6.45) is 7.60. The molecule has 0 amide bonds. The quantitative estimate of drug-likeness (QED) is 0.577. The third-order valence-electron chi connectivity index (χ3n) is 3.68. The van der Waals surface area contributed by atoms with E-state index < -0.39 is 5.97 Å². The molecule has 0 aromatic rings. The largest absolute Gasteiger partial charge is 0.480 e. The zero-order chi connectivity index (χ0) is 13.4. The number of carboxylic acids is 1. The average Bonchev–Trinajstić information content (AvgIpc) is 2.54. The van der Waals surface area contributed by atoms with Gasteiger partial charge in [0.25, 0.3) is 0 Å². The molecule has 1 heterocycles. The molecule has 0 aromatic carbocycles. The lowest BCUT2D eigenvalue weighted by Crippen LogP contribution is -2.36. The van der Waals surface area contributed by atoms with Crippen molar-refractivity contribution in [3.05, 3.63) is 12.7 Å². The number of likely N-dealkylation sites (N-methyl/N-ethyl adjacent to an activating group) is 1. The molecule has 1 saturated heterocycles. The van der Waals surface area contributed by atoms with Gasteiger partial charge in [-0.1, -0.05) is 6.08 Å². The lowest BCUT2D eigenvalue weighted by atomic mass is 10.1. The summed E-state index contributed by atoms with van der Waals surface area (Å²) in [5.74, 6) is -0.732. The van der Waals surface area contributed by atoms with E-state index in [1.54, 1.807) is 0 Å². The second-order valence-electron chi connectivity index (χ2n) is 5.17. The maximum atomic E-state index is 10.7. The molecule has 0 spiro atoms. The molecular weight excluding hydrogens is 264 g/mol. The maximum Gasteiger partial charge on any atom is 0.317 e. The van der Waals surface area contributed by atoms with Crippen LogP contribution in [-0.2, 0) is 4.79 Å². The van der Waals surface area contributed by atoms with Gasteiger partial charge < -0.3 is 10.0 Å². The minimum atomic E-state index is -0.732. The normalized spacial score (nSPS) is 20.6. The minimum Gasteiger partial charge on any atom is -0.480 e. The highest BCUT2D eigenvalue weighted by Crippen LogP contribution is 2.16. The number of allylic oxidation sites excluding steroid dienone is 1. The fourth-order valence-corrected chi connectivity index (χ4v) is 2.60. The van der Waals surface area contributed by atoms with Crippen LogP contribution in [0.25, 0.3) is 0 Å². The topological polar surface area (TPSA) is 43.8 Å². The van der Waals surface area contributed by atoms with Gasteiger partial charge in [0.05, 0.1) is 6.54 Å². The first-order valence-corrected chi connectivity index (χ1v) is 6.88. The first kappa shape index (κ1) is 18.4. The summed E-state index contributed by atoms with van der Waals surface area (Å²) in [5, 5.41) is 8.82. The lowest BCUT2D eigenvalue weighted by Gasteiger charge is -2.25. The average molecular weight is 291 g/mol. The van der Waals surface area contributed by atoms with Crippen LogP contribution >= 0.6 is 12.4 Å². The molecule has 112 valence electrons. The van der Waals surface area contributed by atoms with Crippen LogP contribution in [0.3, 0.4) is 0 Å². The van der Waals surface area contributed by atoms with Crippen LogP contribution < -0.4 is 0 Å². The smallest absolute Gasteiger partial charge is 0.317 e. The molecule has 19 heavy (non-hydrogen) atoms. The van der Waals surface area contributed by atoms with Gasteiger partial charge in [-0.2, -0.15) is 0 Å². The molecule has 0 aromatic heterocycles. The Bertz CT molecular complexity index is 274. The molecule has 1 unspecified atom stereocenters. The fraction of sp³-hybridized carbons (Fsp3) is 0.786. The van der Waals surface area contributed by atoms with Crippen molar-refractivity contribution in [3.8, 4) is 0 Å². The first-order chi connectivity index (χ1) is 8.63. The summed E-state index contributed by atoms with van der Waals surface area (Å²) in [6.45, 7) is 7.27. The molecule has 0 saturated carbocycles. The Labute approximate surface area is 122 Å². The Balaban J connectivity index is 0.00000324. The highest BCUT2D eigenvalue weighted by molar-refractivity contribution is 5.85. The van der Waals surface area contributed by atoms with Gasteiger partial charge in [-0.05, 0) is 58.8 Å². The molecule has 1 aliphatic rings.